The van der Waals surface area contributed by atoms with Crippen molar-refractivity contribution in [2.75, 3.05) is 13.1 Å². The molecule has 9 nitrogen and oxygen atoms in total. The maximum absolute atomic E-state index is 12.2. The third kappa shape index (κ3) is 3.48. The van der Waals surface area contributed by atoms with E-state index in [1.54, 1.807) is 39.2 Å². The predicted molar refractivity (Wildman–Crippen MR) is 104 cm³/mol. The van der Waals surface area contributed by atoms with Crippen LogP contribution in [0, 0.1) is 5.92 Å². The molecular formula is C18H20N8OS. The van der Waals surface area contributed by atoms with Gasteiger partial charge < -0.3 is 0 Å². The first-order valence-corrected chi connectivity index (χ1v) is 10.2. The summed E-state index contributed by atoms with van der Waals surface area (Å²) in [7, 11) is 0. The topological polar surface area (TPSA) is 86.1 Å². The zero-order valence-electron chi connectivity index (χ0n) is 15.3. The van der Waals surface area contributed by atoms with Gasteiger partial charge in [0.15, 0.2) is 10.8 Å². The zero-order chi connectivity index (χ0) is 18.9. The van der Waals surface area contributed by atoms with Gasteiger partial charge in [0.05, 0.1) is 5.69 Å². The number of rotatable bonds is 5. The first-order chi connectivity index (χ1) is 13.7. The molecule has 1 fully saturated rings. The molecular weight excluding hydrogens is 376 g/mol. The van der Waals surface area contributed by atoms with Crippen molar-refractivity contribution in [3.8, 4) is 5.82 Å². The van der Waals surface area contributed by atoms with E-state index in [0.29, 0.717) is 18.3 Å². The Labute approximate surface area is 164 Å². The molecule has 1 aliphatic rings. The Kier molecular flexibility index (Phi) is 4.49. The molecule has 10 heteroatoms. The number of imidazole rings is 1. The number of likely N-dealkylation sites (tertiary alicyclic amines) is 1. The van der Waals surface area contributed by atoms with Gasteiger partial charge in [-0.1, -0.05) is 0 Å². The van der Waals surface area contributed by atoms with Gasteiger partial charge in [0.2, 0.25) is 0 Å². The molecule has 0 radical (unpaired) electrons. The van der Waals surface area contributed by atoms with Crippen molar-refractivity contribution < 1.29 is 0 Å². The highest BCUT2D eigenvalue weighted by Crippen LogP contribution is 2.21. The molecule has 0 aromatic carbocycles. The molecule has 0 spiro atoms. The van der Waals surface area contributed by atoms with Gasteiger partial charge in [0.25, 0.3) is 5.56 Å². The average Bonchev–Trinajstić information content (AvgIpc) is 3.43. The third-order valence-corrected chi connectivity index (χ3v) is 5.94. The molecule has 0 amide bonds. The minimum Gasteiger partial charge on any atom is -0.297 e. The normalized spacial score (nSPS) is 16.1. The first-order valence-electron chi connectivity index (χ1n) is 9.31. The fraction of sp³-hybridized carbons (Fsp3) is 0.389. The maximum atomic E-state index is 12.2. The van der Waals surface area contributed by atoms with E-state index in [2.05, 4.69) is 35.7 Å². The summed E-state index contributed by atoms with van der Waals surface area (Å²) in [6, 6.07) is 3.22. The van der Waals surface area contributed by atoms with Gasteiger partial charge >= 0.3 is 0 Å². The Hall–Kier alpha value is -2.85. The summed E-state index contributed by atoms with van der Waals surface area (Å²) in [5.74, 6) is 1.05. The van der Waals surface area contributed by atoms with E-state index in [-0.39, 0.29) is 5.56 Å². The minimum atomic E-state index is -0.0793. The highest BCUT2D eigenvalue weighted by molar-refractivity contribution is 7.15. The smallest absolute Gasteiger partial charge is 0.266 e. The molecule has 144 valence electrons. The molecule has 28 heavy (non-hydrogen) atoms. The largest absolute Gasteiger partial charge is 0.297 e. The summed E-state index contributed by atoms with van der Waals surface area (Å²) < 4.78 is 5.20. The highest BCUT2D eigenvalue weighted by Gasteiger charge is 2.21. The van der Waals surface area contributed by atoms with E-state index in [1.807, 2.05) is 11.6 Å². The summed E-state index contributed by atoms with van der Waals surface area (Å²) in [5, 5.41) is 10.6. The van der Waals surface area contributed by atoms with Crippen LogP contribution in [0.1, 0.15) is 18.5 Å². The van der Waals surface area contributed by atoms with Crippen LogP contribution in [0.3, 0.4) is 0 Å². The lowest BCUT2D eigenvalue weighted by molar-refractivity contribution is 0.162. The molecule has 0 saturated carbocycles. The molecule has 4 aromatic heterocycles. The number of nitrogens with zero attached hydrogens (tertiary/aromatic N) is 8. The SMILES string of the molecule is O=c1ccc(-n2cncn2)nn1CC1CCN(Cc2cn3ccsc3n2)CC1. The number of fused-ring (bicyclic) bond motifs is 1. The Morgan fingerprint density at radius 3 is 2.89 bits per heavy atom. The van der Waals surface area contributed by atoms with Gasteiger partial charge in [-0.2, -0.15) is 5.10 Å². The fourth-order valence-corrected chi connectivity index (χ4v) is 4.39. The highest BCUT2D eigenvalue weighted by atomic mass is 32.1. The molecule has 4 aromatic rings. The molecule has 5 rings (SSSR count). The van der Waals surface area contributed by atoms with Gasteiger partial charge in [0, 0.05) is 36.9 Å². The van der Waals surface area contributed by atoms with Crippen molar-refractivity contribution in [1.82, 2.24) is 38.8 Å². The summed E-state index contributed by atoms with van der Waals surface area (Å²) in [6.07, 6.45) is 9.28. The van der Waals surface area contributed by atoms with E-state index in [1.165, 1.54) is 6.33 Å². The van der Waals surface area contributed by atoms with Crippen LogP contribution in [-0.2, 0) is 13.1 Å². The third-order valence-electron chi connectivity index (χ3n) is 5.17. The molecule has 0 aliphatic carbocycles. The first kappa shape index (κ1) is 17.3. The van der Waals surface area contributed by atoms with Crippen LogP contribution in [-0.4, -0.2) is 51.9 Å². The zero-order valence-corrected chi connectivity index (χ0v) is 16.1. The maximum Gasteiger partial charge on any atom is 0.266 e. The summed E-state index contributed by atoms with van der Waals surface area (Å²) in [5.41, 5.74) is 1.04. The van der Waals surface area contributed by atoms with Gasteiger partial charge in [-0.3, -0.25) is 14.1 Å². The Balaban J connectivity index is 1.21. The Bertz CT molecular complexity index is 1090. The Morgan fingerprint density at radius 1 is 1.21 bits per heavy atom. The lowest BCUT2D eigenvalue weighted by atomic mass is 9.97. The minimum absolute atomic E-state index is 0.0793. The van der Waals surface area contributed by atoms with Crippen molar-refractivity contribution in [3.63, 3.8) is 0 Å². The molecule has 1 saturated heterocycles. The standard InChI is InChI=1S/C18H20N8OS/c27-17-2-1-16(26-13-19-12-20-26)22-25(17)9-14-3-5-23(6-4-14)10-15-11-24-7-8-28-18(24)21-15/h1-2,7-8,11-14H,3-6,9-10H2. The van der Waals surface area contributed by atoms with Gasteiger partial charge in [-0.25, -0.2) is 19.3 Å². The predicted octanol–water partition coefficient (Wildman–Crippen LogP) is 1.45. The second kappa shape index (κ2) is 7.28. The van der Waals surface area contributed by atoms with Crippen molar-refractivity contribution >= 4 is 16.3 Å². The second-order valence-corrected chi connectivity index (χ2v) is 7.97. The van der Waals surface area contributed by atoms with E-state index in [0.717, 1.165) is 43.1 Å². The van der Waals surface area contributed by atoms with Crippen LogP contribution < -0.4 is 5.56 Å². The fourth-order valence-electron chi connectivity index (χ4n) is 3.67. The van der Waals surface area contributed by atoms with Gasteiger partial charge in [-0.05, 0) is 37.9 Å². The molecule has 0 atom stereocenters. The van der Waals surface area contributed by atoms with Crippen LogP contribution >= 0.6 is 11.3 Å². The van der Waals surface area contributed by atoms with Crippen LogP contribution in [0.15, 0.2) is 47.4 Å². The summed E-state index contributed by atoms with van der Waals surface area (Å²) in [4.78, 5) is 24.3. The molecule has 1 aliphatic heterocycles. The van der Waals surface area contributed by atoms with Crippen LogP contribution in [0.25, 0.3) is 10.8 Å². The van der Waals surface area contributed by atoms with Crippen LogP contribution in [0.5, 0.6) is 0 Å². The van der Waals surface area contributed by atoms with Crippen molar-refractivity contribution in [3.05, 3.63) is 58.6 Å². The van der Waals surface area contributed by atoms with E-state index in [4.69, 9.17) is 0 Å². The second-order valence-electron chi connectivity index (χ2n) is 7.10. The molecule has 0 N–H and O–H groups in total. The average molecular weight is 396 g/mol. The molecule has 0 bridgehead atoms. The van der Waals surface area contributed by atoms with E-state index >= 15 is 0 Å². The quantitative estimate of drug-likeness (QED) is 0.507. The number of hydrogen-bond acceptors (Lipinski definition) is 7. The monoisotopic (exact) mass is 396 g/mol. The lowest BCUT2D eigenvalue weighted by Gasteiger charge is -2.31. The molecule has 0 unspecified atom stereocenters. The van der Waals surface area contributed by atoms with E-state index < -0.39 is 0 Å². The van der Waals surface area contributed by atoms with Crippen LogP contribution in [0.4, 0.5) is 0 Å². The molecule has 5 heterocycles. The van der Waals surface area contributed by atoms with Crippen molar-refractivity contribution in [1.29, 1.82) is 0 Å². The number of aromatic nitrogens is 7. The van der Waals surface area contributed by atoms with E-state index in [9.17, 15) is 4.79 Å². The Morgan fingerprint density at radius 2 is 2.11 bits per heavy atom. The number of hydrogen-bond donors (Lipinski definition) is 0. The number of piperidine rings is 1. The van der Waals surface area contributed by atoms with Crippen molar-refractivity contribution in [2.24, 2.45) is 5.92 Å². The van der Waals surface area contributed by atoms with Crippen LogP contribution in [0.2, 0.25) is 0 Å². The van der Waals surface area contributed by atoms with Crippen molar-refractivity contribution in [2.45, 2.75) is 25.9 Å². The summed E-state index contributed by atoms with van der Waals surface area (Å²) >= 11 is 1.66. The summed E-state index contributed by atoms with van der Waals surface area (Å²) in [6.45, 7) is 3.53. The lowest BCUT2D eigenvalue weighted by Crippen LogP contribution is -2.36. The van der Waals surface area contributed by atoms with Gasteiger partial charge in [-0.15, -0.1) is 16.4 Å². The number of thiazole rings is 1. The van der Waals surface area contributed by atoms with Gasteiger partial charge in [0.1, 0.15) is 12.7 Å².